The molecular weight excluding hydrogens is 290 g/mol. The van der Waals surface area contributed by atoms with Gasteiger partial charge in [0.2, 0.25) is 5.91 Å². The molecule has 0 aromatic rings. The van der Waals surface area contributed by atoms with E-state index in [4.69, 9.17) is 10.5 Å². The number of ether oxygens (including phenoxy) is 1. The van der Waals surface area contributed by atoms with Gasteiger partial charge in [-0.05, 0) is 19.8 Å². The van der Waals surface area contributed by atoms with Gasteiger partial charge in [-0.25, -0.2) is 0 Å². The zero-order valence-corrected chi connectivity index (χ0v) is 12.0. The molecule has 0 spiro atoms. The number of carbonyl (C=O) groups is 2. The molecule has 0 aromatic carbocycles. The molecule has 1 aliphatic rings. The summed E-state index contributed by atoms with van der Waals surface area (Å²) in [5.74, 6) is -1.70. The van der Waals surface area contributed by atoms with Gasteiger partial charge in [0.15, 0.2) is 0 Å². The van der Waals surface area contributed by atoms with E-state index < -0.39 is 34.6 Å². The Labute approximate surface area is 117 Å². The minimum absolute atomic E-state index is 0.0219. The highest BCUT2D eigenvalue weighted by atomic mass is 32.2. The van der Waals surface area contributed by atoms with Gasteiger partial charge in [0.25, 0.3) is 0 Å². The van der Waals surface area contributed by atoms with Crippen molar-refractivity contribution in [1.29, 1.82) is 0 Å². The molecule has 10 heteroatoms. The number of nitrogens with zero attached hydrogens (tertiary/aromatic N) is 1. The maximum Gasteiger partial charge on any atom is 0.310 e. The highest BCUT2D eigenvalue weighted by Gasteiger charge is 2.33. The van der Waals surface area contributed by atoms with E-state index in [9.17, 15) is 18.0 Å². The van der Waals surface area contributed by atoms with Gasteiger partial charge < -0.3 is 10.5 Å². The van der Waals surface area contributed by atoms with E-state index in [1.165, 1.54) is 0 Å². The van der Waals surface area contributed by atoms with Crippen LogP contribution < -0.4 is 10.6 Å². The van der Waals surface area contributed by atoms with Crippen LogP contribution in [0.15, 0.2) is 0 Å². The summed E-state index contributed by atoms with van der Waals surface area (Å²) < 4.78 is 29.7. The Morgan fingerprint density at radius 1 is 1.45 bits per heavy atom. The molecule has 20 heavy (non-hydrogen) atoms. The van der Waals surface area contributed by atoms with Crippen molar-refractivity contribution >= 4 is 22.1 Å². The molecule has 1 fully saturated rings. The number of piperidine rings is 1. The number of amides is 1. The third-order valence-electron chi connectivity index (χ3n) is 2.72. The molecule has 1 atom stereocenters. The van der Waals surface area contributed by atoms with Gasteiger partial charge in [-0.2, -0.15) is 12.7 Å². The van der Waals surface area contributed by atoms with E-state index >= 15 is 0 Å². The summed E-state index contributed by atoms with van der Waals surface area (Å²) in [6.07, 6.45) is 1.12. The Morgan fingerprint density at radius 2 is 2.15 bits per heavy atom. The lowest BCUT2D eigenvalue weighted by atomic mass is 10.0. The topological polar surface area (TPSA) is 128 Å². The molecule has 1 heterocycles. The highest BCUT2D eigenvalue weighted by Crippen LogP contribution is 2.19. The Balaban J connectivity index is 2.56. The van der Waals surface area contributed by atoms with Crippen LogP contribution in [0.25, 0.3) is 0 Å². The van der Waals surface area contributed by atoms with Crippen molar-refractivity contribution in [2.45, 2.75) is 19.8 Å². The number of primary amides is 1. The lowest BCUT2D eigenvalue weighted by Gasteiger charge is -2.30. The average Bonchev–Trinajstić information content (AvgIpc) is 2.38. The first kappa shape index (κ1) is 16.8. The Bertz CT molecular complexity index is 452. The molecule has 116 valence electrons. The van der Waals surface area contributed by atoms with Crippen LogP contribution in [-0.4, -0.2) is 50.9 Å². The van der Waals surface area contributed by atoms with Gasteiger partial charge in [-0.15, -0.1) is 0 Å². The third kappa shape index (κ3) is 5.04. The maximum atomic E-state index is 11.9. The van der Waals surface area contributed by atoms with Crippen molar-refractivity contribution in [3.63, 3.8) is 0 Å². The Morgan fingerprint density at radius 3 is 2.75 bits per heavy atom. The summed E-state index contributed by atoms with van der Waals surface area (Å²) in [5.41, 5.74) is 4.82. The molecule has 3 N–H and O–H groups in total. The van der Waals surface area contributed by atoms with Gasteiger partial charge in [-0.3, -0.25) is 14.4 Å². The second-order valence-electron chi connectivity index (χ2n) is 4.29. The lowest BCUT2D eigenvalue weighted by molar-refractivity contribution is -0.149. The predicted octanol–water partition coefficient (Wildman–Crippen LogP) is -1.49. The number of rotatable bonds is 7. The van der Waals surface area contributed by atoms with Crippen LogP contribution in [0.5, 0.6) is 0 Å². The standard InChI is InChI=1S/C10H19N3O6S/c1-2-18-10(15)8-4-3-5-13(6-8)20(16,17)12-19-7-9(11)14/h8,12H,2-7H2,1H3,(H2,11,14). The number of hydrogen-bond donors (Lipinski definition) is 2. The third-order valence-corrected chi connectivity index (χ3v) is 4.06. The normalized spacial score (nSPS) is 20.6. The molecule has 0 aromatic heterocycles. The van der Waals surface area contributed by atoms with Gasteiger partial charge in [-0.1, -0.05) is 4.89 Å². The fourth-order valence-electron chi connectivity index (χ4n) is 1.84. The second kappa shape index (κ2) is 7.53. The monoisotopic (exact) mass is 309 g/mol. The van der Waals surface area contributed by atoms with E-state index in [2.05, 4.69) is 4.84 Å². The van der Waals surface area contributed by atoms with E-state index in [0.29, 0.717) is 12.8 Å². The molecule has 0 aliphatic carbocycles. The number of esters is 1. The van der Waals surface area contributed by atoms with E-state index in [0.717, 1.165) is 4.31 Å². The van der Waals surface area contributed by atoms with Crippen LogP contribution in [0.1, 0.15) is 19.8 Å². The molecule has 1 saturated heterocycles. The average molecular weight is 309 g/mol. The Kier molecular flexibility index (Phi) is 6.33. The summed E-state index contributed by atoms with van der Waals surface area (Å²) in [4.78, 5) is 28.4. The van der Waals surface area contributed by atoms with Crippen LogP contribution >= 0.6 is 0 Å². The van der Waals surface area contributed by atoms with Crippen molar-refractivity contribution in [2.24, 2.45) is 11.7 Å². The first-order chi connectivity index (χ1) is 9.36. The SMILES string of the molecule is CCOC(=O)C1CCCN(S(=O)(=O)NOCC(N)=O)C1. The highest BCUT2D eigenvalue weighted by molar-refractivity contribution is 7.87. The zero-order valence-electron chi connectivity index (χ0n) is 11.2. The van der Waals surface area contributed by atoms with Crippen molar-refractivity contribution in [3.8, 4) is 0 Å². The summed E-state index contributed by atoms with van der Waals surface area (Å²) in [7, 11) is -3.91. The first-order valence-corrected chi connectivity index (χ1v) is 7.64. The molecule has 0 saturated carbocycles. The number of carbonyl (C=O) groups excluding carboxylic acids is 2. The molecule has 0 bridgehead atoms. The first-order valence-electron chi connectivity index (χ1n) is 6.20. The van der Waals surface area contributed by atoms with Crippen LogP contribution in [0.2, 0.25) is 0 Å². The van der Waals surface area contributed by atoms with E-state index in [1.54, 1.807) is 11.8 Å². The van der Waals surface area contributed by atoms with Crippen LogP contribution in [-0.2, 0) is 29.4 Å². The summed E-state index contributed by atoms with van der Waals surface area (Å²) in [6, 6.07) is 0. The minimum Gasteiger partial charge on any atom is -0.466 e. The molecule has 0 radical (unpaired) electrons. The minimum atomic E-state index is -3.91. The van der Waals surface area contributed by atoms with Crippen LogP contribution in [0, 0.1) is 5.92 Å². The zero-order chi connectivity index (χ0) is 15.2. The van der Waals surface area contributed by atoms with Crippen molar-refractivity contribution in [3.05, 3.63) is 0 Å². The molecule has 1 aliphatic heterocycles. The van der Waals surface area contributed by atoms with Crippen molar-refractivity contribution < 1.29 is 27.6 Å². The largest absolute Gasteiger partial charge is 0.466 e. The van der Waals surface area contributed by atoms with Gasteiger partial charge >= 0.3 is 16.2 Å². The fraction of sp³-hybridized carbons (Fsp3) is 0.800. The molecule has 9 nitrogen and oxygen atoms in total. The number of nitrogens with one attached hydrogen (secondary N) is 1. The Hall–Kier alpha value is -1.23. The second-order valence-corrected chi connectivity index (χ2v) is 5.93. The smallest absolute Gasteiger partial charge is 0.310 e. The predicted molar refractivity (Wildman–Crippen MR) is 68.1 cm³/mol. The van der Waals surface area contributed by atoms with Crippen LogP contribution in [0.3, 0.4) is 0 Å². The maximum absolute atomic E-state index is 11.9. The van der Waals surface area contributed by atoms with Crippen molar-refractivity contribution in [1.82, 2.24) is 9.19 Å². The lowest BCUT2D eigenvalue weighted by Crippen LogP contribution is -2.48. The molecular formula is C10H19N3O6S. The summed E-state index contributed by atoms with van der Waals surface area (Å²) in [5, 5.41) is 0. The van der Waals surface area contributed by atoms with Crippen LogP contribution in [0.4, 0.5) is 0 Å². The van der Waals surface area contributed by atoms with Gasteiger partial charge in [0.1, 0.15) is 6.61 Å². The van der Waals surface area contributed by atoms with E-state index in [1.807, 2.05) is 0 Å². The molecule has 1 rings (SSSR count). The summed E-state index contributed by atoms with van der Waals surface area (Å²) >= 11 is 0. The number of nitrogens with two attached hydrogens (primary N) is 1. The van der Waals surface area contributed by atoms with Gasteiger partial charge in [0.05, 0.1) is 12.5 Å². The fourth-order valence-corrected chi connectivity index (χ4v) is 2.90. The van der Waals surface area contributed by atoms with Gasteiger partial charge in [0, 0.05) is 13.1 Å². The molecule has 1 amide bonds. The quantitative estimate of drug-likeness (QED) is 0.436. The summed E-state index contributed by atoms with van der Waals surface area (Å²) in [6.45, 7) is 1.67. The number of hydrogen-bond acceptors (Lipinski definition) is 6. The van der Waals surface area contributed by atoms with E-state index in [-0.39, 0.29) is 19.7 Å². The molecule has 1 unspecified atom stereocenters. The van der Waals surface area contributed by atoms with Crippen molar-refractivity contribution in [2.75, 3.05) is 26.3 Å².